The van der Waals surface area contributed by atoms with Gasteiger partial charge in [0.25, 0.3) is 0 Å². The van der Waals surface area contributed by atoms with Crippen molar-refractivity contribution >= 4 is 11.5 Å². The summed E-state index contributed by atoms with van der Waals surface area (Å²) in [5, 5.41) is 8.89. The summed E-state index contributed by atoms with van der Waals surface area (Å²) >= 11 is 0. The molecule has 0 unspecified atom stereocenters. The number of carboxylic acids is 1. The van der Waals surface area contributed by atoms with Crippen molar-refractivity contribution in [3.8, 4) is 0 Å². The number of aromatic carboxylic acids is 1. The smallest absolute Gasteiger partial charge is 0.341 e. The quantitative estimate of drug-likeness (QED) is 0.775. The van der Waals surface area contributed by atoms with Crippen LogP contribution in [0.25, 0.3) is 5.57 Å². The van der Waals surface area contributed by atoms with E-state index in [-0.39, 0.29) is 5.56 Å². The van der Waals surface area contributed by atoms with E-state index >= 15 is 0 Å². The van der Waals surface area contributed by atoms with Crippen molar-refractivity contribution in [1.29, 1.82) is 0 Å². The highest BCUT2D eigenvalue weighted by molar-refractivity contribution is 5.90. The largest absolute Gasteiger partial charge is 0.477 e. The van der Waals surface area contributed by atoms with Gasteiger partial charge in [0.05, 0.1) is 0 Å². The van der Waals surface area contributed by atoms with Gasteiger partial charge in [-0.05, 0) is 26.3 Å². The van der Waals surface area contributed by atoms with Gasteiger partial charge < -0.3 is 10.1 Å². The highest BCUT2D eigenvalue weighted by Gasteiger charge is 2.17. The van der Waals surface area contributed by atoms with Gasteiger partial charge in [-0.25, -0.2) is 4.79 Å². The fourth-order valence-electron chi connectivity index (χ4n) is 1.64. The second-order valence-electron chi connectivity index (χ2n) is 3.54. The first-order valence-electron chi connectivity index (χ1n) is 4.49. The Balaban J connectivity index is 3.72. The first-order chi connectivity index (χ1) is 6.86. The van der Waals surface area contributed by atoms with Gasteiger partial charge in [-0.2, -0.15) is 0 Å². The molecule has 1 heterocycles. The van der Waals surface area contributed by atoms with Crippen LogP contribution in [0.3, 0.4) is 0 Å². The minimum Gasteiger partial charge on any atom is -0.477 e. The van der Waals surface area contributed by atoms with E-state index in [4.69, 9.17) is 5.11 Å². The molecule has 0 spiro atoms. The van der Waals surface area contributed by atoms with Gasteiger partial charge in [0.2, 0.25) is 5.43 Å². The Labute approximate surface area is 87.3 Å². The molecule has 1 aromatic rings. The molecule has 4 nitrogen and oxygen atoms in total. The van der Waals surface area contributed by atoms with Gasteiger partial charge in [-0.3, -0.25) is 4.79 Å². The zero-order valence-electron chi connectivity index (χ0n) is 8.97. The molecule has 0 saturated heterocycles. The maximum atomic E-state index is 11.8. The highest BCUT2D eigenvalue weighted by atomic mass is 16.4. The standard InChI is InChI=1S/C11H13NO3/c1-5(2)8-6(3)12-7(4)9(10(8)13)11(14)15/h1H2,2-4H3,(H,12,13)(H,14,15). The summed E-state index contributed by atoms with van der Waals surface area (Å²) in [5.41, 5.74) is 1.27. The first kappa shape index (κ1) is 11.2. The van der Waals surface area contributed by atoms with Crippen LogP contribution in [0.15, 0.2) is 11.4 Å². The number of rotatable bonds is 2. The lowest BCUT2D eigenvalue weighted by Gasteiger charge is -2.08. The van der Waals surface area contributed by atoms with Crippen LogP contribution in [-0.2, 0) is 0 Å². The number of nitrogens with one attached hydrogen (secondary N) is 1. The second kappa shape index (κ2) is 3.73. The number of hydrogen-bond acceptors (Lipinski definition) is 2. The molecule has 80 valence electrons. The fraction of sp³-hybridized carbons (Fsp3) is 0.273. The zero-order valence-corrected chi connectivity index (χ0v) is 8.97. The van der Waals surface area contributed by atoms with Gasteiger partial charge in [0.1, 0.15) is 5.56 Å². The summed E-state index contributed by atoms with van der Waals surface area (Å²) in [7, 11) is 0. The molecule has 0 bridgehead atoms. The number of allylic oxidation sites excluding steroid dienone is 1. The van der Waals surface area contributed by atoms with Gasteiger partial charge in [0.15, 0.2) is 0 Å². The molecule has 4 heteroatoms. The molecule has 1 rings (SSSR count). The molecule has 0 radical (unpaired) electrons. The Hall–Kier alpha value is -1.84. The molecule has 15 heavy (non-hydrogen) atoms. The van der Waals surface area contributed by atoms with E-state index in [0.29, 0.717) is 22.5 Å². The lowest BCUT2D eigenvalue weighted by molar-refractivity contribution is 0.0694. The summed E-state index contributed by atoms with van der Waals surface area (Å²) in [6, 6.07) is 0. The Morgan fingerprint density at radius 1 is 1.27 bits per heavy atom. The van der Waals surface area contributed by atoms with Gasteiger partial charge >= 0.3 is 5.97 Å². The maximum Gasteiger partial charge on any atom is 0.341 e. The van der Waals surface area contributed by atoms with E-state index in [9.17, 15) is 9.59 Å². The number of hydrogen-bond donors (Lipinski definition) is 2. The van der Waals surface area contributed by atoms with E-state index in [0.717, 1.165) is 0 Å². The van der Waals surface area contributed by atoms with Crippen LogP contribution in [-0.4, -0.2) is 16.1 Å². The Morgan fingerprint density at radius 3 is 2.13 bits per heavy atom. The maximum absolute atomic E-state index is 11.8. The van der Waals surface area contributed by atoms with Crippen LogP contribution >= 0.6 is 0 Å². The number of pyridine rings is 1. The predicted octanol–water partition coefficient (Wildman–Crippen LogP) is 1.72. The topological polar surface area (TPSA) is 70.2 Å². The third-order valence-corrected chi connectivity index (χ3v) is 2.22. The van der Waals surface area contributed by atoms with Crippen LogP contribution < -0.4 is 5.43 Å². The molecular weight excluding hydrogens is 194 g/mol. The van der Waals surface area contributed by atoms with Crippen molar-refractivity contribution in [2.24, 2.45) is 0 Å². The monoisotopic (exact) mass is 207 g/mol. The Kier molecular flexibility index (Phi) is 2.79. The lowest BCUT2D eigenvalue weighted by atomic mass is 10.0. The average Bonchev–Trinajstić information content (AvgIpc) is 1.99. The van der Waals surface area contributed by atoms with Gasteiger partial charge in [-0.1, -0.05) is 6.58 Å². The summed E-state index contributed by atoms with van der Waals surface area (Å²) in [4.78, 5) is 25.6. The van der Waals surface area contributed by atoms with Crippen molar-refractivity contribution in [3.63, 3.8) is 0 Å². The average molecular weight is 207 g/mol. The third kappa shape index (κ3) is 1.83. The molecule has 0 aliphatic carbocycles. The summed E-state index contributed by atoms with van der Waals surface area (Å²) in [5.74, 6) is -1.21. The molecule has 0 atom stereocenters. The normalized spacial score (nSPS) is 10.1. The first-order valence-corrected chi connectivity index (χ1v) is 4.49. The van der Waals surface area contributed by atoms with Crippen LogP contribution in [0.1, 0.15) is 34.2 Å². The molecule has 0 amide bonds. The number of H-pyrrole nitrogens is 1. The molecule has 0 aliphatic rings. The number of aromatic nitrogens is 1. The van der Waals surface area contributed by atoms with Gasteiger partial charge in [0, 0.05) is 17.0 Å². The van der Waals surface area contributed by atoms with Crippen molar-refractivity contribution in [3.05, 3.63) is 39.3 Å². The zero-order chi connectivity index (χ0) is 11.7. The lowest BCUT2D eigenvalue weighted by Crippen LogP contribution is -2.22. The molecule has 0 saturated carbocycles. The van der Waals surface area contributed by atoms with Crippen LogP contribution in [0.4, 0.5) is 0 Å². The van der Waals surface area contributed by atoms with Crippen LogP contribution in [0.2, 0.25) is 0 Å². The predicted molar refractivity (Wildman–Crippen MR) is 58.2 cm³/mol. The van der Waals surface area contributed by atoms with E-state index in [1.54, 1.807) is 20.8 Å². The summed E-state index contributed by atoms with van der Waals surface area (Å²) in [6.45, 7) is 8.64. The van der Waals surface area contributed by atoms with Crippen molar-refractivity contribution < 1.29 is 9.90 Å². The molecule has 0 aliphatic heterocycles. The number of carbonyl (C=O) groups is 1. The molecular formula is C11H13NO3. The summed E-state index contributed by atoms with van der Waals surface area (Å²) in [6.07, 6.45) is 0. The van der Waals surface area contributed by atoms with Crippen molar-refractivity contribution in [1.82, 2.24) is 4.98 Å². The van der Waals surface area contributed by atoms with Crippen LogP contribution in [0.5, 0.6) is 0 Å². The molecule has 1 aromatic heterocycles. The van der Waals surface area contributed by atoms with E-state index in [1.165, 1.54) is 0 Å². The van der Waals surface area contributed by atoms with Crippen molar-refractivity contribution in [2.45, 2.75) is 20.8 Å². The Morgan fingerprint density at radius 2 is 1.73 bits per heavy atom. The van der Waals surface area contributed by atoms with E-state index in [1.807, 2.05) is 0 Å². The second-order valence-corrected chi connectivity index (χ2v) is 3.54. The summed E-state index contributed by atoms with van der Waals surface area (Å²) < 4.78 is 0. The minimum atomic E-state index is -1.21. The minimum absolute atomic E-state index is 0.210. The fourth-order valence-corrected chi connectivity index (χ4v) is 1.64. The van der Waals surface area contributed by atoms with Gasteiger partial charge in [-0.15, -0.1) is 0 Å². The number of aryl methyl sites for hydroxylation is 2. The molecule has 0 aromatic carbocycles. The number of aromatic amines is 1. The Bertz CT molecular complexity index is 456. The SMILES string of the molecule is C=C(C)c1c(C)[nH]c(C)c(C(=O)O)c1=O. The molecule has 0 fully saturated rings. The van der Waals surface area contributed by atoms with Crippen molar-refractivity contribution in [2.75, 3.05) is 0 Å². The van der Waals surface area contributed by atoms with E-state index < -0.39 is 11.4 Å². The third-order valence-electron chi connectivity index (χ3n) is 2.22. The van der Waals surface area contributed by atoms with E-state index in [2.05, 4.69) is 11.6 Å². The molecule has 2 N–H and O–H groups in total. The highest BCUT2D eigenvalue weighted by Crippen LogP contribution is 2.13. The van der Waals surface area contributed by atoms with Crippen LogP contribution in [0, 0.1) is 13.8 Å². The number of carboxylic acid groups (broad SMARTS) is 1.